The van der Waals surface area contributed by atoms with Crippen LogP contribution in [-0.2, 0) is 32.2 Å². The average Bonchev–Trinajstić information content (AvgIpc) is 2.61. The molecule has 0 amide bonds. The number of hydrogen-bond donors (Lipinski definition) is 0. The summed E-state index contributed by atoms with van der Waals surface area (Å²) in [6.45, 7) is 12.6. The summed E-state index contributed by atoms with van der Waals surface area (Å²) in [6.07, 6.45) is 5.97. The van der Waals surface area contributed by atoms with E-state index in [1.54, 1.807) is 22.5 Å². The molecule has 1 heterocycles. The first kappa shape index (κ1) is 13.3. The summed E-state index contributed by atoms with van der Waals surface area (Å²) in [5.41, 5.74) is 6.46. The Kier molecular flexibility index (Phi) is 5.11. The lowest BCUT2D eigenvalue weighted by Gasteiger charge is -2.11. The highest BCUT2D eigenvalue weighted by Gasteiger charge is 2.17. The maximum atomic E-state index is 2.59. The second-order valence-electron chi connectivity index (χ2n) is 4.42. The first-order valence-electron chi connectivity index (χ1n) is 6.96. The van der Waals surface area contributed by atoms with Gasteiger partial charge in [0.1, 0.15) is 0 Å². The Morgan fingerprint density at radius 3 is 1.38 bits per heavy atom. The van der Waals surface area contributed by atoms with Crippen LogP contribution in [0.4, 0.5) is 0 Å². The van der Waals surface area contributed by atoms with Crippen molar-refractivity contribution in [1.29, 1.82) is 0 Å². The highest BCUT2D eigenvalue weighted by Crippen LogP contribution is 2.26. The van der Waals surface area contributed by atoms with Crippen LogP contribution in [0.3, 0.4) is 0 Å². The Hall–Kier alpha value is -0.720. The highest BCUT2D eigenvalue weighted by atomic mass is 15.0. The van der Waals surface area contributed by atoms with Crippen molar-refractivity contribution in [3.05, 3.63) is 22.5 Å². The predicted octanol–water partition coefficient (Wildman–Crippen LogP) is 4.15. The minimum atomic E-state index is 1.18. The van der Waals surface area contributed by atoms with Crippen LogP contribution in [-0.4, -0.2) is 4.57 Å². The van der Waals surface area contributed by atoms with Gasteiger partial charge < -0.3 is 4.57 Å². The zero-order valence-electron chi connectivity index (χ0n) is 11.7. The molecule has 0 atom stereocenters. The molecule has 0 aliphatic heterocycles. The van der Waals surface area contributed by atoms with Gasteiger partial charge in [0.25, 0.3) is 0 Å². The SMILES string of the molecule is CCCn1c(CC)c(CC)c(CC)c1CC. The summed E-state index contributed by atoms with van der Waals surface area (Å²) in [6, 6.07) is 0. The fourth-order valence-corrected chi connectivity index (χ4v) is 2.97. The lowest BCUT2D eigenvalue weighted by molar-refractivity contribution is 0.621. The molecule has 0 aliphatic rings. The summed E-state index contributed by atoms with van der Waals surface area (Å²) < 4.78 is 2.59. The van der Waals surface area contributed by atoms with Crippen molar-refractivity contribution in [3.63, 3.8) is 0 Å². The van der Waals surface area contributed by atoms with Crippen molar-refractivity contribution in [3.8, 4) is 0 Å². The molecule has 92 valence electrons. The van der Waals surface area contributed by atoms with E-state index < -0.39 is 0 Å². The van der Waals surface area contributed by atoms with Crippen molar-refractivity contribution in [2.75, 3.05) is 0 Å². The lowest BCUT2D eigenvalue weighted by atomic mass is 10.0. The minimum Gasteiger partial charge on any atom is -0.348 e. The molecule has 0 bridgehead atoms. The minimum absolute atomic E-state index is 1.18. The Labute approximate surface area is 101 Å². The molecular formula is C15H27N. The van der Waals surface area contributed by atoms with E-state index >= 15 is 0 Å². The molecule has 0 fully saturated rings. The van der Waals surface area contributed by atoms with Crippen molar-refractivity contribution in [2.24, 2.45) is 0 Å². The van der Waals surface area contributed by atoms with Crippen LogP contribution in [0.2, 0.25) is 0 Å². The monoisotopic (exact) mass is 221 g/mol. The lowest BCUT2D eigenvalue weighted by Crippen LogP contribution is -2.06. The van der Waals surface area contributed by atoms with Crippen molar-refractivity contribution in [2.45, 2.75) is 73.3 Å². The van der Waals surface area contributed by atoms with E-state index in [1.165, 1.54) is 38.6 Å². The van der Waals surface area contributed by atoms with E-state index in [-0.39, 0.29) is 0 Å². The highest BCUT2D eigenvalue weighted by molar-refractivity contribution is 5.39. The van der Waals surface area contributed by atoms with Gasteiger partial charge >= 0.3 is 0 Å². The summed E-state index contributed by atoms with van der Waals surface area (Å²) in [5, 5.41) is 0. The van der Waals surface area contributed by atoms with Gasteiger partial charge in [0.05, 0.1) is 0 Å². The molecule has 0 aliphatic carbocycles. The smallest absolute Gasteiger partial charge is 0.0222 e. The van der Waals surface area contributed by atoms with Crippen LogP contribution in [0, 0.1) is 0 Å². The van der Waals surface area contributed by atoms with E-state index in [4.69, 9.17) is 0 Å². The molecule has 16 heavy (non-hydrogen) atoms. The van der Waals surface area contributed by atoms with Crippen molar-refractivity contribution >= 4 is 0 Å². The maximum Gasteiger partial charge on any atom is 0.0222 e. The van der Waals surface area contributed by atoms with Crippen LogP contribution in [0.1, 0.15) is 63.6 Å². The Morgan fingerprint density at radius 1 is 0.688 bits per heavy atom. The largest absolute Gasteiger partial charge is 0.348 e. The number of rotatable bonds is 6. The fourth-order valence-electron chi connectivity index (χ4n) is 2.97. The summed E-state index contributed by atoms with van der Waals surface area (Å²) in [4.78, 5) is 0. The topological polar surface area (TPSA) is 4.93 Å². The molecular weight excluding hydrogens is 194 g/mol. The van der Waals surface area contributed by atoms with E-state index in [2.05, 4.69) is 39.2 Å². The Morgan fingerprint density at radius 2 is 1.12 bits per heavy atom. The molecule has 1 heteroatoms. The second-order valence-corrected chi connectivity index (χ2v) is 4.42. The average molecular weight is 221 g/mol. The zero-order chi connectivity index (χ0) is 12.1. The van der Waals surface area contributed by atoms with Crippen LogP contribution < -0.4 is 0 Å². The number of aromatic nitrogens is 1. The van der Waals surface area contributed by atoms with Crippen LogP contribution >= 0.6 is 0 Å². The second kappa shape index (κ2) is 6.12. The van der Waals surface area contributed by atoms with Gasteiger partial charge in [-0.3, -0.25) is 0 Å². The molecule has 1 rings (SSSR count). The molecule has 0 N–H and O–H groups in total. The summed E-state index contributed by atoms with van der Waals surface area (Å²) in [5.74, 6) is 0. The molecule has 1 aromatic heterocycles. The van der Waals surface area contributed by atoms with E-state index in [9.17, 15) is 0 Å². The number of nitrogens with zero attached hydrogens (tertiary/aromatic N) is 1. The molecule has 1 nitrogen and oxygen atoms in total. The summed E-state index contributed by atoms with van der Waals surface area (Å²) >= 11 is 0. The molecule has 0 radical (unpaired) electrons. The van der Waals surface area contributed by atoms with Crippen LogP contribution in [0.25, 0.3) is 0 Å². The Balaban J connectivity index is 3.36. The molecule has 0 spiro atoms. The van der Waals surface area contributed by atoms with E-state index in [0.717, 1.165) is 0 Å². The van der Waals surface area contributed by atoms with E-state index in [1.807, 2.05) is 0 Å². The molecule has 1 aromatic rings. The maximum absolute atomic E-state index is 2.59. The molecule has 0 saturated carbocycles. The molecule has 0 aromatic carbocycles. The third-order valence-electron chi connectivity index (χ3n) is 3.54. The van der Waals surface area contributed by atoms with Crippen molar-refractivity contribution < 1.29 is 0 Å². The van der Waals surface area contributed by atoms with Gasteiger partial charge in [-0.05, 0) is 43.2 Å². The normalized spacial score (nSPS) is 11.1. The third kappa shape index (κ3) is 2.18. The first-order chi connectivity index (χ1) is 7.74. The van der Waals surface area contributed by atoms with Gasteiger partial charge in [-0.2, -0.15) is 0 Å². The van der Waals surface area contributed by atoms with Gasteiger partial charge in [0, 0.05) is 17.9 Å². The van der Waals surface area contributed by atoms with Gasteiger partial charge in [0.15, 0.2) is 0 Å². The quantitative estimate of drug-likeness (QED) is 0.680. The van der Waals surface area contributed by atoms with Crippen LogP contribution in [0.15, 0.2) is 0 Å². The zero-order valence-corrected chi connectivity index (χ0v) is 11.7. The van der Waals surface area contributed by atoms with Gasteiger partial charge in [0.2, 0.25) is 0 Å². The predicted molar refractivity (Wildman–Crippen MR) is 72.2 cm³/mol. The van der Waals surface area contributed by atoms with Crippen molar-refractivity contribution in [1.82, 2.24) is 4.57 Å². The van der Waals surface area contributed by atoms with Gasteiger partial charge in [-0.15, -0.1) is 0 Å². The Bertz CT molecular complexity index is 304. The summed E-state index contributed by atoms with van der Waals surface area (Å²) in [7, 11) is 0. The third-order valence-corrected chi connectivity index (χ3v) is 3.54. The molecule has 0 saturated heterocycles. The van der Waals surface area contributed by atoms with Gasteiger partial charge in [-0.25, -0.2) is 0 Å². The van der Waals surface area contributed by atoms with E-state index in [0.29, 0.717) is 0 Å². The fraction of sp³-hybridized carbons (Fsp3) is 0.733. The van der Waals surface area contributed by atoms with Gasteiger partial charge in [-0.1, -0.05) is 34.6 Å². The molecule has 0 unspecified atom stereocenters. The van der Waals surface area contributed by atoms with Crippen LogP contribution in [0.5, 0.6) is 0 Å². The first-order valence-corrected chi connectivity index (χ1v) is 6.96. The standard InChI is InChI=1S/C15H27N/c1-6-11-16-14(9-4)12(7-2)13(8-3)15(16)10-5/h6-11H2,1-5H3. The number of hydrogen-bond acceptors (Lipinski definition) is 0.